The first-order valence-electron chi connectivity index (χ1n) is 6.76. The second kappa shape index (κ2) is 6.55. The van der Waals surface area contributed by atoms with E-state index in [0.29, 0.717) is 6.61 Å². The molecule has 0 N–H and O–H groups in total. The fraction of sp³-hybridized carbons (Fsp3) is 0.533. The van der Waals surface area contributed by atoms with Crippen molar-refractivity contribution in [1.82, 2.24) is 4.90 Å². The molecule has 1 unspecified atom stereocenters. The highest BCUT2D eigenvalue weighted by molar-refractivity contribution is 5.76. The van der Waals surface area contributed by atoms with E-state index < -0.39 is 0 Å². The Morgan fingerprint density at radius 1 is 1.39 bits per heavy atom. The minimum atomic E-state index is -0.0650. The number of nitrogens with zero attached hydrogens (tertiary/aromatic N) is 1. The van der Waals surface area contributed by atoms with E-state index in [4.69, 9.17) is 4.74 Å². The molecule has 1 aromatic carbocycles. The molecular formula is C15H21NO2. The Hall–Kier alpha value is -1.35. The van der Waals surface area contributed by atoms with E-state index >= 15 is 0 Å². The van der Waals surface area contributed by atoms with Crippen molar-refractivity contribution in [3.05, 3.63) is 35.9 Å². The summed E-state index contributed by atoms with van der Waals surface area (Å²) >= 11 is 0. The molecule has 1 aliphatic heterocycles. The zero-order valence-corrected chi connectivity index (χ0v) is 11.0. The number of carbonyl (C=O) groups excluding carboxylic acids is 1. The third-order valence-corrected chi connectivity index (χ3v) is 3.37. The number of esters is 1. The lowest BCUT2D eigenvalue weighted by molar-refractivity contribution is -0.150. The van der Waals surface area contributed by atoms with Crippen LogP contribution in [-0.4, -0.2) is 30.0 Å². The summed E-state index contributed by atoms with van der Waals surface area (Å²) in [5.74, 6) is -0.0650. The average Bonchev–Trinajstić information content (AvgIpc) is 2.86. The first-order chi connectivity index (χ1) is 8.81. The molecule has 1 aromatic rings. The molecule has 1 heterocycles. The van der Waals surface area contributed by atoms with Crippen LogP contribution in [0.4, 0.5) is 0 Å². The molecule has 18 heavy (non-hydrogen) atoms. The lowest BCUT2D eigenvalue weighted by atomic mass is 10.2. The van der Waals surface area contributed by atoms with Crippen LogP contribution < -0.4 is 0 Å². The fourth-order valence-corrected chi connectivity index (χ4v) is 2.47. The maximum Gasteiger partial charge on any atom is 0.323 e. The lowest BCUT2D eigenvalue weighted by Crippen LogP contribution is -2.37. The van der Waals surface area contributed by atoms with Crippen LogP contribution in [0.1, 0.15) is 31.7 Å². The number of rotatable bonds is 5. The minimum Gasteiger partial charge on any atom is -0.460 e. The first kappa shape index (κ1) is 13.1. The van der Waals surface area contributed by atoms with Crippen molar-refractivity contribution in [2.75, 3.05) is 13.1 Å². The van der Waals surface area contributed by atoms with E-state index in [1.807, 2.05) is 30.3 Å². The molecule has 3 heteroatoms. The molecule has 0 saturated carbocycles. The van der Waals surface area contributed by atoms with Gasteiger partial charge in [-0.2, -0.15) is 0 Å². The van der Waals surface area contributed by atoms with E-state index in [1.165, 1.54) is 0 Å². The molecule has 1 aliphatic rings. The number of benzene rings is 1. The van der Waals surface area contributed by atoms with Gasteiger partial charge >= 0.3 is 5.97 Å². The number of hydrogen-bond acceptors (Lipinski definition) is 3. The van der Waals surface area contributed by atoms with Gasteiger partial charge in [-0.15, -0.1) is 0 Å². The Morgan fingerprint density at radius 2 is 2.17 bits per heavy atom. The predicted octanol–water partition coefficient (Wildman–Crippen LogP) is 2.60. The Bertz CT molecular complexity index is 377. The maximum atomic E-state index is 12.0. The van der Waals surface area contributed by atoms with Crippen LogP contribution in [0.15, 0.2) is 30.3 Å². The molecule has 98 valence electrons. The average molecular weight is 247 g/mol. The van der Waals surface area contributed by atoms with Crippen molar-refractivity contribution in [1.29, 1.82) is 0 Å². The van der Waals surface area contributed by atoms with Gasteiger partial charge in [0.25, 0.3) is 0 Å². The van der Waals surface area contributed by atoms with Gasteiger partial charge in [-0.25, -0.2) is 0 Å². The van der Waals surface area contributed by atoms with E-state index in [-0.39, 0.29) is 12.0 Å². The summed E-state index contributed by atoms with van der Waals surface area (Å²) in [5, 5.41) is 0. The molecule has 0 aromatic heterocycles. The monoisotopic (exact) mass is 247 g/mol. The summed E-state index contributed by atoms with van der Waals surface area (Å²) in [4.78, 5) is 14.3. The highest BCUT2D eigenvalue weighted by Crippen LogP contribution is 2.19. The third kappa shape index (κ3) is 3.33. The van der Waals surface area contributed by atoms with Gasteiger partial charge in [-0.1, -0.05) is 37.3 Å². The zero-order valence-electron chi connectivity index (χ0n) is 11.0. The van der Waals surface area contributed by atoms with Crippen LogP contribution >= 0.6 is 0 Å². The van der Waals surface area contributed by atoms with Crippen molar-refractivity contribution in [2.45, 2.75) is 38.8 Å². The Balaban J connectivity index is 1.84. The van der Waals surface area contributed by atoms with Crippen LogP contribution in [0, 0.1) is 0 Å². The molecule has 1 atom stereocenters. The summed E-state index contributed by atoms with van der Waals surface area (Å²) in [6.45, 7) is 4.55. The second-order valence-corrected chi connectivity index (χ2v) is 4.79. The van der Waals surface area contributed by atoms with Gasteiger partial charge in [-0.3, -0.25) is 9.69 Å². The number of carbonyl (C=O) groups is 1. The molecular weight excluding hydrogens is 226 g/mol. The van der Waals surface area contributed by atoms with Crippen LogP contribution in [0.25, 0.3) is 0 Å². The standard InChI is InChI=1S/C15H21NO2/c1-2-10-16-11-6-9-14(16)15(17)18-12-13-7-4-3-5-8-13/h3-5,7-8,14H,2,6,9-12H2,1H3. The summed E-state index contributed by atoms with van der Waals surface area (Å²) in [5.41, 5.74) is 1.05. The largest absolute Gasteiger partial charge is 0.460 e. The van der Waals surface area contributed by atoms with Gasteiger partial charge in [0.2, 0.25) is 0 Å². The molecule has 0 aliphatic carbocycles. The van der Waals surface area contributed by atoms with Crippen LogP contribution in [0.3, 0.4) is 0 Å². The lowest BCUT2D eigenvalue weighted by Gasteiger charge is -2.22. The summed E-state index contributed by atoms with van der Waals surface area (Å²) in [6.07, 6.45) is 3.13. The van der Waals surface area contributed by atoms with Crippen LogP contribution in [0.2, 0.25) is 0 Å². The van der Waals surface area contributed by atoms with Crippen molar-refractivity contribution in [2.24, 2.45) is 0 Å². The number of ether oxygens (including phenoxy) is 1. The highest BCUT2D eigenvalue weighted by atomic mass is 16.5. The van der Waals surface area contributed by atoms with Crippen molar-refractivity contribution in [3.8, 4) is 0 Å². The van der Waals surface area contributed by atoms with Gasteiger partial charge in [0, 0.05) is 0 Å². The van der Waals surface area contributed by atoms with Gasteiger partial charge in [-0.05, 0) is 37.9 Å². The zero-order chi connectivity index (χ0) is 12.8. The van der Waals surface area contributed by atoms with E-state index in [9.17, 15) is 4.79 Å². The normalized spacial score (nSPS) is 19.9. The minimum absolute atomic E-state index is 0.0198. The molecule has 0 amide bonds. The van der Waals surface area contributed by atoms with Crippen molar-refractivity contribution < 1.29 is 9.53 Å². The molecule has 0 radical (unpaired) electrons. The quantitative estimate of drug-likeness (QED) is 0.749. The molecule has 0 spiro atoms. The molecule has 3 nitrogen and oxygen atoms in total. The molecule has 2 rings (SSSR count). The molecule has 1 fully saturated rings. The summed E-state index contributed by atoms with van der Waals surface area (Å²) in [6, 6.07) is 9.82. The van der Waals surface area contributed by atoms with E-state index in [0.717, 1.165) is 37.9 Å². The fourth-order valence-electron chi connectivity index (χ4n) is 2.47. The van der Waals surface area contributed by atoms with E-state index in [2.05, 4.69) is 11.8 Å². The summed E-state index contributed by atoms with van der Waals surface area (Å²) < 4.78 is 5.41. The molecule has 1 saturated heterocycles. The van der Waals surface area contributed by atoms with Gasteiger partial charge in [0.1, 0.15) is 12.6 Å². The van der Waals surface area contributed by atoms with E-state index in [1.54, 1.807) is 0 Å². The topological polar surface area (TPSA) is 29.5 Å². The highest BCUT2D eigenvalue weighted by Gasteiger charge is 2.31. The predicted molar refractivity (Wildman–Crippen MR) is 71.1 cm³/mol. The van der Waals surface area contributed by atoms with Crippen LogP contribution in [0.5, 0.6) is 0 Å². The summed E-state index contributed by atoms with van der Waals surface area (Å²) in [7, 11) is 0. The number of likely N-dealkylation sites (tertiary alicyclic amines) is 1. The van der Waals surface area contributed by atoms with Gasteiger partial charge in [0.05, 0.1) is 0 Å². The van der Waals surface area contributed by atoms with Gasteiger partial charge < -0.3 is 4.74 Å². The van der Waals surface area contributed by atoms with Gasteiger partial charge in [0.15, 0.2) is 0 Å². The third-order valence-electron chi connectivity index (χ3n) is 3.37. The SMILES string of the molecule is CCCN1CCCC1C(=O)OCc1ccccc1. The number of hydrogen-bond donors (Lipinski definition) is 0. The molecule has 0 bridgehead atoms. The van der Waals surface area contributed by atoms with Crippen molar-refractivity contribution in [3.63, 3.8) is 0 Å². The Labute approximate surface area is 109 Å². The second-order valence-electron chi connectivity index (χ2n) is 4.79. The first-order valence-corrected chi connectivity index (χ1v) is 6.76. The maximum absolute atomic E-state index is 12.0. The smallest absolute Gasteiger partial charge is 0.323 e. The Kier molecular flexibility index (Phi) is 4.76. The Morgan fingerprint density at radius 3 is 2.89 bits per heavy atom. The van der Waals surface area contributed by atoms with Crippen molar-refractivity contribution >= 4 is 5.97 Å². The van der Waals surface area contributed by atoms with Crippen LogP contribution in [-0.2, 0) is 16.1 Å².